The Labute approximate surface area is 192 Å². The van der Waals surface area contributed by atoms with Gasteiger partial charge in [-0.1, -0.05) is 83.3 Å². The molecule has 0 aliphatic rings. The van der Waals surface area contributed by atoms with E-state index in [1.54, 1.807) is 0 Å². The number of unbranched alkanes of at least 4 members (excludes halogenated alkanes) is 14. The molecular weight excluding hydrogens is 411 g/mol. The molecule has 0 radical (unpaired) electrons. The van der Waals surface area contributed by atoms with Crippen LogP contribution in [-0.4, -0.2) is 24.0 Å². The van der Waals surface area contributed by atoms with E-state index >= 15 is 0 Å². The second-order valence-electron chi connectivity index (χ2n) is 8.27. The molecule has 0 heterocycles. The summed E-state index contributed by atoms with van der Waals surface area (Å²) in [5.41, 5.74) is 0. The van der Waals surface area contributed by atoms with Crippen molar-refractivity contribution in [3.63, 3.8) is 0 Å². The molecule has 0 aromatic carbocycles. The smallest absolute Gasteiger partial charge is 0.347 e. The molecule has 7 heteroatoms. The number of hydrogen-bond acceptors (Lipinski definition) is 5. The average Bonchev–Trinajstić information content (AvgIpc) is 2.77. The number of amides is 1. The van der Waals surface area contributed by atoms with Gasteiger partial charge in [0.25, 0.3) is 0 Å². The molecular formula is C24H49N2O4P. The lowest BCUT2D eigenvalue weighted by Crippen LogP contribution is -2.23. The Morgan fingerprint density at radius 3 is 2.03 bits per heavy atom. The van der Waals surface area contributed by atoms with Gasteiger partial charge in [-0.25, -0.2) is 10.5 Å². The third-order valence-electron chi connectivity index (χ3n) is 5.35. The van der Waals surface area contributed by atoms with E-state index in [1.165, 1.54) is 70.6 Å². The highest BCUT2D eigenvalue weighted by Gasteiger charge is 2.03. The normalized spacial score (nSPS) is 12.5. The maximum atomic E-state index is 11.8. The summed E-state index contributed by atoms with van der Waals surface area (Å²) >= 11 is 0. The van der Waals surface area contributed by atoms with Crippen LogP contribution in [0.15, 0.2) is 12.2 Å². The van der Waals surface area contributed by atoms with E-state index in [0.29, 0.717) is 13.0 Å². The molecule has 0 aliphatic carbocycles. The molecule has 0 spiro atoms. The van der Waals surface area contributed by atoms with Crippen LogP contribution in [0.5, 0.6) is 0 Å². The lowest BCUT2D eigenvalue weighted by Gasteiger charge is -2.07. The van der Waals surface area contributed by atoms with Gasteiger partial charge in [0.05, 0.1) is 6.61 Å². The lowest BCUT2D eigenvalue weighted by atomic mass is 10.1. The molecule has 0 aromatic rings. The van der Waals surface area contributed by atoms with E-state index in [-0.39, 0.29) is 5.91 Å². The third-order valence-corrected chi connectivity index (χ3v) is 5.93. The van der Waals surface area contributed by atoms with Gasteiger partial charge in [-0.3, -0.25) is 4.79 Å². The fourth-order valence-corrected chi connectivity index (χ4v) is 3.77. The first kappa shape index (κ1) is 30.5. The fourth-order valence-electron chi connectivity index (χ4n) is 3.43. The van der Waals surface area contributed by atoms with Crippen molar-refractivity contribution in [2.45, 2.75) is 122 Å². The molecule has 0 fully saturated rings. The van der Waals surface area contributed by atoms with Gasteiger partial charge in [-0.05, 0) is 44.9 Å². The molecule has 0 aromatic heterocycles. The Bertz CT molecular complexity index is 411. The number of nitrogens with two attached hydrogens (primary N) is 1. The molecule has 0 rings (SSSR count). The predicted octanol–water partition coefficient (Wildman–Crippen LogP) is 6.83. The Balaban J connectivity index is 3.23. The summed E-state index contributed by atoms with van der Waals surface area (Å²) in [4.78, 5) is 20.8. The van der Waals surface area contributed by atoms with E-state index in [9.17, 15) is 4.79 Å². The van der Waals surface area contributed by atoms with Crippen LogP contribution < -0.4 is 11.2 Å². The summed E-state index contributed by atoms with van der Waals surface area (Å²) in [6.07, 6.45) is 25.8. The molecule has 0 aliphatic heterocycles. The van der Waals surface area contributed by atoms with Gasteiger partial charge in [0.2, 0.25) is 5.91 Å². The van der Waals surface area contributed by atoms with Gasteiger partial charge in [-0.2, -0.15) is 0 Å². The first-order valence-corrected chi connectivity index (χ1v) is 13.7. The summed E-state index contributed by atoms with van der Waals surface area (Å²) < 4.78 is 9.12. The minimum Gasteiger partial charge on any atom is -0.356 e. The zero-order valence-corrected chi connectivity index (χ0v) is 20.9. The van der Waals surface area contributed by atoms with Crippen molar-refractivity contribution in [1.82, 2.24) is 5.32 Å². The molecule has 0 bridgehead atoms. The number of carbonyl (C=O) groups is 1. The van der Waals surface area contributed by atoms with Gasteiger partial charge >= 0.3 is 8.60 Å². The van der Waals surface area contributed by atoms with Crippen LogP contribution in [0.1, 0.15) is 122 Å². The van der Waals surface area contributed by atoms with E-state index in [1.807, 2.05) is 0 Å². The standard InChI is InChI=1S/C24H49N2O4P/c1-2-3-4-5-6-7-8-9-10-11-12-13-14-15-18-21-24(27)26-22-19-16-17-20-23-29-31(28)30-25/h9-10,28H,2-8,11-23,25H2,1H3,(H,26,27)/b10-9-. The van der Waals surface area contributed by atoms with Gasteiger partial charge in [-0.15, -0.1) is 0 Å². The van der Waals surface area contributed by atoms with Gasteiger partial charge in [0, 0.05) is 13.0 Å². The van der Waals surface area contributed by atoms with Crippen LogP contribution in [0, 0.1) is 0 Å². The van der Waals surface area contributed by atoms with Crippen LogP contribution in [0.25, 0.3) is 0 Å². The minimum absolute atomic E-state index is 0.173. The number of hydrogen-bond donors (Lipinski definition) is 3. The van der Waals surface area contributed by atoms with Crippen molar-refractivity contribution in [2.24, 2.45) is 5.90 Å². The van der Waals surface area contributed by atoms with Crippen molar-refractivity contribution in [3.8, 4) is 0 Å². The topological polar surface area (TPSA) is 93.8 Å². The second kappa shape index (κ2) is 25.7. The summed E-state index contributed by atoms with van der Waals surface area (Å²) in [5, 5.41) is 3.00. The van der Waals surface area contributed by atoms with Crippen molar-refractivity contribution in [1.29, 1.82) is 0 Å². The van der Waals surface area contributed by atoms with Crippen molar-refractivity contribution in [2.75, 3.05) is 13.2 Å². The van der Waals surface area contributed by atoms with Crippen LogP contribution in [0.2, 0.25) is 0 Å². The third kappa shape index (κ3) is 25.6. The van der Waals surface area contributed by atoms with E-state index < -0.39 is 8.60 Å². The molecule has 4 N–H and O–H groups in total. The highest BCUT2D eigenvalue weighted by atomic mass is 31.2. The molecule has 1 atom stereocenters. The zero-order chi connectivity index (χ0) is 22.8. The van der Waals surface area contributed by atoms with Crippen LogP contribution in [-0.2, 0) is 13.9 Å². The molecule has 1 amide bonds. The summed E-state index contributed by atoms with van der Waals surface area (Å²) in [6.45, 7) is 3.45. The molecule has 31 heavy (non-hydrogen) atoms. The maximum absolute atomic E-state index is 11.8. The lowest BCUT2D eigenvalue weighted by molar-refractivity contribution is -0.121. The second-order valence-corrected chi connectivity index (χ2v) is 9.22. The van der Waals surface area contributed by atoms with Gasteiger partial charge in [0.15, 0.2) is 0 Å². The monoisotopic (exact) mass is 460 g/mol. The predicted molar refractivity (Wildman–Crippen MR) is 131 cm³/mol. The zero-order valence-electron chi connectivity index (χ0n) is 20.0. The largest absolute Gasteiger partial charge is 0.356 e. The van der Waals surface area contributed by atoms with Crippen LogP contribution in [0.3, 0.4) is 0 Å². The summed E-state index contributed by atoms with van der Waals surface area (Å²) in [5.74, 6) is 4.97. The van der Waals surface area contributed by atoms with Crippen molar-refractivity contribution >= 4 is 14.5 Å². The first-order valence-electron chi connectivity index (χ1n) is 12.6. The quantitative estimate of drug-likeness (QED) is 0.0635. The number of rotatable bonds is 24. The SMILES string of the molecule is CCCCCCCC/C=C\CCCCCCCC(=O)NCCCCCCOP(O)ON. The summed E-state index contributed by atoms with van der Waals surface area (Å²) in [7, 11) is -1.91. The van der Waals surface area contributed by atoms with Gasteiger partial charge in [0.1, 0.15) is 0 Å². The molecule has 0 saturated carbocycles. The van der Waals surface area contributed by atoms with Crippen molar-refractivity contribution < 1.29 is 18.8 Å². The van der Waals surface area contributed by atoms with E-state index in [4.69, 9.17) is 15.3 Å². The highest BCUT2D eigenvalue weighted by Crippen LogP contribution is 2.29. The first-order chi connectivity index (χ1) is 15.2. The molecule has 6 nitrogen and oxygen atoms in total. The van der Waals surface area contributed by atoms with Crippen LogP contribution >= 0.6 is 8.60 Å². The number of allylic oxidation sites excluding steroid dienone is 2. The molecule has 0 saturated heterocycles. The summed E-state index contributed by atoms with van der Waals surface area (Å²) in [6, 6.07) is 0. The minimum atomic E-state index is -1.91. The fraction of sp³-hybridized carbons (Fsp3) is 0.875. The number of nitrogens with one attached hydrogen (secondary N) is 1. The van der Waals surface area contributed by atoms with E-state index in [2.05, 4.69) is 29.0 Å². The van der Waals surface area contributed by atoms with Crippen LogP contribution in [0.4, 0.5) is 0 Å². The molecule has 184 valence electrons. The van der Waals surface area contributed by atoms with E-state index in [0.717, 1.165) is 45.1 Å². The Hall–Kier alpha value is -0.520. The highest BCUT2D eigenvalue weighted by molar-refractivity contribution is 7.40. The Kier molecular flexibility index (Phi) is 25.3. The van der Waals surface area contributed by atoms with Gasteiger partial charge < -0.3 is 14.7 Å². The maximum Gasteiger partial charge on any atom is 0.347 e. The number of carbonyl (C=O) groups excluding carboxylic acids is 1. The van der Waals surface area contributed by atoms with Crippen molar-refractivity contribution in [3.05, 3.63) is 12.2 Å². The average molecular weight is 461 g/mol. The Morgan fingerprint density at radius 1 is 0.839 bits per heavy atom. The molecule has 1 unspecified atom stereocenters. The Morgan fingerprint density at radius 2 is 1.39 bits per heavy atom.